The molecule has 1 N–H and O–H groups in total. The van der Waals surface area contributed by atoms with Gasteiger partial charge in [0.1, 0.15) is 5.75 Å². The number of likely N-dealkylation sites (tertiary alicyclic amines) is 1. The summed E-state index contributed by atoms with van der Waals surface area (Å²) in [6.07, 6.45) is -0.0380. The Labute approximate surface area is 122 Å². The summed E-state index contributed by atoms with van der Waals surface area (Å²) in [5.74, 6) is -0.130. The van der Waals surface area contributed by atoms with Crippen molar-refractivity contribution in [2.45, 2.75) is 19.4 Å². The maximum absolute atomic E-state index is 12.7. The summed E-state index contributed by atoms with van der Waals surface area (Å²) in [6, 6.07) is 6.92. The number of rotatable bonds is 1. The molecule has 2 heterocycles. The molecule has 3 rings (SSSR count). The highest BCUT2D eigenvalue weighted by Crippen LogP contribution is 2.34. The topological polar surface area (TPSA) is 70.1 Å². The Hall–Kier alpha value is -2.24. The number of fused-ring (bicyclic) bond motifs is 1. The third-order valence-corrected chi connectivity index (χ3v) is 3.97. The van der Waals surface area contributed by atoms with Gasteiger partial charge in [0.25, 0.3) is 0 Å². The Morgan fingerprint density at radius 1 is 1.29 bits per heavy atom. The quantitative estimate of drug-likeness (QED) is 0.856. The average molecular weight is 290 g/mol. The largest absolute Gasteiger partial charge is 0.478 e. The number of hydrogen-bond acceptors (Lipinski definition) is 3. The van der Waals surface area contributed by atoms with Crippen molar-refractivity contribution >= 4 is 17.7 Å². The molecule has 2 atom stereocenters. The van der Waals surface area contributed by atoms with Gasteiger partial charge >= 0.3 is 12.0 Å². The molecule has 0 aliphatic carbocycles. The van der Waals surface area contributed by atoms with Crippen LogP contribution in [-0.2, 0) is 4.79 Å². The second-order valence-electron chi connectivity index (χ2n) is 5.65. The number of carboxylic acids is 1. The van der Waals surface area contributed by atoms with Crippen LogP contribution in [0.5, 0.6) is 5.75 Å². The van der Waals surface area contributed by atoms with E-state index in [2.05, 4.69) is 6.92 Å². The maximum atomic E-state index is 12.7. The van der Waals surface area contributed by atoms with Crippen molar-refractivity contribution in [1.82, 2.24) is 4.90 Å². The van der Waals surface area contributed by atoms with Crippen molar-refractivity contribution in [3.8, 4) is 5.75 Å². The molecule has 0 spiro atoms. The van der Waals surface area contributed by atoms with E-state index >= 15 is 0 Å². The third kappa shape index (κ3) is 2.53. The molecule has 2 aliphatic heterocycles. The summed E-state index contributed by atoms with van der Waals surface area (Å²) < 4.78 is 5.45. The highest BCUT2D eigenvalue weighted by Gasteiger charge is 2.36. The number of carbonyl (C=O) groups is 2. The Bertz CT molecular complexity index is 575. The van der Waals surface area contributed by atoms with Gasteiger partial charge in [-0.05, 0) is 24.5 Å². The van der Waals surface area contributed by atoms with Gasteiger partial charge in [0.2, 0.25) is 6.10 Å². The minimum absolute atomic E-state index is 0.0378. The van der Waals surface area contributed by atoms with Crippen LogP contribution < -0.4 is 9.64 Å². The molecular formula is C15H18N2O4. The molecule has 6 nitrogen and oxygen atoms in total. The van der Waals surface area contributed by atoms with Crippen LogP contribution in [0.3, 0.4) is 0 Å². The first kappa shape index (κ1) is 13.7. The first-order valence-corrected chi connectivity index (χ1v) is 7.11. The Kier molecular flexibility index (Phi) is 3.45. The average Bonchev–Trinajstić information content (AvgIpc) is 2.92. The monoisotopic (exact) mass is 290 g/mol. The first-order chi connectivity index (χ1) is 10.1. The molecule has 21 heavy (non-hydrogen) atoms. The van der Waals surface area contributed by atoms with E-state index in [1.807, 2.05) is 6.07 Å². The Morgan fingerprint density at radius 3 is 2.71 bits per heavy atom. The number of benzene rings is 1. The lowest BCUT2D eigenvalue weighted by molar-refractivity contribution is -0.144. The lowest BCUT2D eigenvalue weighted by Gasteiger charge is -2.35. The van der Waals surface area contributed by atoms with E-state index in [0.717, 1.165) is 19.5 Å². The van der Waals surface area contributed by atoms with Crippen LogP contribution >= 0.6 is 0 Å². The van der Waals surface area contributed by atoms with Crippen molar-refractivity contribution in [3.63, 3.8) is 0 Å². The van der Waals surface area contributed by atoms with E-state index in [-0.39, 0.29) is 12.6 Å². The molecule has 0 aromatic heterocycles. The predicted molar refractivity (Wildman–Crippen MR) is 76.6 cm³/mol. The molecule has 2 unspecified atom stereocenters. The van der Waals surface area contributed by atoms with Gasteiger partial charge in [-0.1, -0.05) is 19.1 Å². The standard InChI is InChI=1S/C15H18N2O4/c1-10-6-7-16(8-10)15(20)17-9-13(14(18)19)21-12-5-3-2-4-11(12)17/h2-5,10,13H,6-9H2,1H3,(H,18,19). The normalized spacial score (nSPS) is 24.4. The number of para-hydroxylation sites is 2. The molecule has 1 aromatic rings. The number of nitrogens with zero attached hydrogens (tertiary/aromatic N) is 2. The van der Waals surface area contributed by atoms with E-state index in [1.54, 1.807) is 23.1 Å². The predicted octanol–water partition coefficient (Wildman–Crippen LogP) is 1.80. The van der Waals surface area contributed by atoms with E-state index in [9.17, 15) is 14.7 Å². The van der Waals surface area contributed by atoms with E-state index in [1.165, 1.54) is 4.90 Å². The molecule has 1 aromatic carbocycles. The van der Waals surface area contributed by atoms with E-state index in [4.69, 9.17) is 4.74 Å². The van der Waals surface area contributed by atoms with Gasteiger partial charge < -0.3 is 14.7 Å². The van der Waals surface area contributed by atoms with Gasteiger partial charge in [-0.2, -0.15) is 0 Å². The molecule has 1 saturated heterocycles. The molecule has 2 amide bonds. The van der Waals surface area contributed by atoms with Gasteiger partial charge in [-0.25, -0.2) is 9.59 Å². The van der Waals surface area contributed by atoms with Gasteiger partial charge in [-0.15, -0.1) is 0 Å². The van der Waals surface area contributed by atoms with E-state index in [0.29, 0.717) is 17.4 Å². The highest BCUT2D eigenvalue weighted by atomic mass is 16.5. The molecule has 0 saturated carbocycles. The lowest BCUT2D eigenvalue weighted by atomic mass is 10.2. The summed E-state index contributed by atoms with van der Waals surface area (Å²) in [5.41, 5.74) is 0.638. The van der Waals surface area contributed by atoms with Crippen molar-refractivity contribution in [1.29, 1.82) is 0 Å². The van der Waals surface area contributed by atoms with Crippen LogP contribution in [0.4, 0.5) is 10.5 Å². The van der Waals surface area contributed by atoms with Crippen LogP contribution in [0.2, 0.25) is 0 Å². The van der Waals surface area contributed by atoms with Crippen molar-refractivity contribution in [3.05, 3.63) is 24.3 Å². The molecule has 112 valence electrons. The van der Waals surface area contributed by atoms with Crippen LogP contribution in [-0.4, -0.2) is 47.7 Å². The van der Waals surface area contributed by atoms with Crippen molar-refractivity contribution in [2.24, 2.45) is 5.92 Å². The van der Waals surface area contributed by atoms with Gasteiger partial charge in [0.05, 0.1) is 12.2 Å². The number of carbonyl (C=O) groups excluding carboxylic acids is 1. The van der Waals surface area contributed by atoms with Crippen molar-refractivity contribution in [2.75, 3.05) is 24.5 Å². The second kappa shape index (κ2) is 5.27. The zero-order valence-electron chi connectivity index (χ0n) is 11.9. The number of ether oxygens (including phenoxy) is 1. The summed E-state index contributed by atoms with van der Waals surface area (Å²) in [5, 5.41) is 9.19. The van der Waals surface area contributed by atoms with Crippen LogP contribution in [0, 0.1) is 5.92 Å². The minimum atomic E-state index is -1.06. The number of aliphatic carboxylic acids is 1. The molecule has 0 radical (unpaired) electrons. The summed E-state index contributed by atoms with van der Waals surface area (Å²) in [4.78, 5) is 27.2. The lowest BCUT2D eigenvalue weighted by Crippen LogP contribution is -2.51. The zero-order valence-corrected chi connectivity index (χ0v) is 11.9. The number of anilines is 1. The minimum Gasteiger partial charge on any atom is -0.478 e. The van der Waals surface area contributed by atoms with Gasteiger partial charge in [-0.3, -0.25) is 4.90 Å². The summed E-state index contributed by atoms with van der Waals surface area (Å²) in [6.45, 7) is 3.59. The molecule has 2 aliphatic rings. The van der Waals surface area contributed by atoms with Crippen LogP contribution in [0.25, 0.3) is 0 Å². The molecular weight excluding hydrogens is 272 g/mol. The Morgan fingerprint density at radius 2 is 2.05 bits per heavy atom. The second-order valence-corrected chi connectivity index (χ2v) is 5.65. The van der Waals surface area contributed by atoms with Crippen LogP contribution in [0.15, 0.2) is 24.3 Å². The molecule has 0 bridgehead atoms. The van der Waals surface area contributed by atoms with E-state index < -0.39 is 12.1 Å². The van der Waals surface area contributed by atoms with Crippen LogP contribution in [0.1, 0.15) is 13.3 Å². The number of urea groups is 1. The fourth-order valence-electron chi connectivity index (χ4n) is 2.82. The summed E-state index contributed by atoms with van der Waals surface area (Å²) >= 11 is 0. The Balaban J connectivity index is 1.89. The number of hydrogen-bond donors (Lipinski definition) is 1. The highest BCUT2D eigenvalue weighted by molar-refractivity contribution is 5.95. The fourth-order valence-corrected chi connectivity index (χ4v) is 2.82. The SMILES string of the molecule is CC1CCN(C(=O)N2CC(C(=O)O)Oc3ccccc32)C1. The number of amides is 2. The molecule has 1 fully saturated rings. The maximum Gasteiger partial charge on any atom is 0.346 e. The smallest absolute Gasteiger partial charge is 0.346 e. The van der Waals surface area contributed by atoms with Gasteiger partial charge in [0, 0.05) is 13.1 Å². The number of carboxylic acid groups (broad SMARTS) is 1. The summed E-state index contributed by atoms with van der Waals surface area (Å²) in [7, 11) is 0. The zero-order chi connectivity index (χ0) is 15.0. The van der Waals surface area contributed by atoms with Gasteiger partial charge in [0.15, 0.2) is 0 Å². The van der Waals surface area contributed by atoms with Crippen molar-refractivity contribution < 1.29 is 19.4 Å². The third-order valence-electron chi connectivity index (χ3n) is 3.97. The molecule has 6 heteroatoms. The first-order valence-electron chi connectivity index (χ1n) is 7.11. The fraction of sp³-hybridized carbons (Fsp3) is 0.467.